The van der Waals surface area contributed by atoms with Crippen molar-refractivity contribution in [3.05, 3.63) is 0 Å². The summed E-state index contributed by atoms with van der Waals surface area (Å²) in [6.07, 6.45) is -3.55. The maximum absolute atomic E-state index is 15.7. The molecule has 3 amide bonds. The number of carbonyl (C=O) groups is 4. The van der Waals surface area contributed by atoms with Gasteiger partial charge in [-0.3, -0.25) is 9.63 Å². The Morgan fingerprint density at radius 2 is 1.31 bits per heavy atom. The number of hydrogen-bond donors (Lipinski definition) is 0. The standard InChI is InChI=1S/C18H29FN2O8/c1-15(2,3)28-13(24)21(14(25)29-16(4,5)6)18(12(23)26-8)10-17(18,19)11(22)20(7)27-9/h10H2,1-9H3/t17-,18?/m1/s1. The fourth-order valence-corrected chi connectivity index (χ4v) is 2.65. The lowest BCUT2D eigenvalue weighted by Crippen LogP contribution is -2.59. The fourth-order valence-electron chi connectivity index (χ4n) is 2.65. The van der Waals surface area contributed by atoms with Crippen LogP contribution in [0.1, 0.15) is 48.0 Å². The van der Waals surface area contributed by atoms with Gasteiger partial charge in [0.2, 0.25) is 11.2 Å². The molecule has 1 unspecified atom stereocenters. The molecule has 0 spiro atoms. The number of rotatable bonds is 4. The first-order chi connectivity index (χ1) is 13.0. The highest BCUT2D eigenvalue weighted by atomic mass is 19.1. The summed E-state index contributed by atoms with van der Waals surface area (Å²) in [4.78, 5) is 55.6. The molecule has 2 atom stereocenters. The number of hydroxylamine groups is 2. The Morgan fingerprint density at radius 1 is 0.897 bits per heavy atom. The van der Waals surface area contributed by atoms with E-state index < -0.39 is 52.9 Å². The maximum Gasteiger partial charge on any atom is 0.421 e. The van der Waals surface area contributed by atoms with E-state index in [0.717, 1.165) is 21.3 Å². The quantitative estimate of drug-likeness (QED) is 0.387. The Hall–Kier alpha value is -2.43. The zero-order chi connectivity index (χ0) is 23.0. The first-order valence-electron chi connectivity index (χ1n) is 8.82. The van der Waals surface area contributed by atoms with Crippen molar-refractivity contribution in [2.45, 2.75) is 70.4 Å². The van der Waals surface area contributed by atoms with Crippen LogP contribution in [0.4, 0.5) is 14.0 Å². The highest BCUT2D eigenvalue weighted by molar-refractivity contribution is 6.08. The molecule has 0 saturated heterocycles. The number of esters is 1. The SMILES string of the molecule is COC(=O)C1(N(C(=O)OC(C)(C)C)C(=O)OC(C)(C)C)C[C@@]1(F)C(=O)N(C)OC. The Bertz CT molecular complexity index is 671. The van der Waals surface area contributed by atoms with Gasteiger partial charge in [-0.1, -0.05) is 0 Å². The minimum atomic E-state index is -2.99. The van der Waals surface area contributed by atoms with Crippen LogP contribution in [0.15, 0.2) is 0 Å². The zero-order valence-electron chi connectivity index (χ0n) is 18.2. The van der Waals surface area contributed by atoms with E-state index in [1.807, 2.05) is 0 Å². The van der Waals surface area contributed by atoms with Crippen LogP contribution >= 0.6 is 0 Å². The van der Waals surface area contributed by atoms with E-state index in [-0.39, 0.29) is 4.90 Å². The number of amides is 3. The molecule has 0 radical (unpaired) electrons. The number of alkyl halides is 1. The average molecular weight is 420 g/mol. The summed E-state index contributed by atoms with van der Waals surface area (Å²) in [6.45, 7) is 9.10. The van der Waals surface area contributed by atoms with Crippen LogP contribution in [0.25, 0.3) is 0 Å². The van der Waals surface area contributed by atoms with E-state index in [1.165, 1.54) is 41.5 Å². The molecule has 1 saturated carbocycles. The monoisotopic (exact) mass is 420 g/mol. The van der Waals surface area contributed by atoms with Gasteiger partial charge < -0.3 is 14.2 Å². The highest BCUT2D eigenvalue weighted by Gasteiger charge is 2.85. The van der Waals surface area contributed by atoms with Crippen molar-refractivity contribution in [2.75, 3.05) is 21.3 Å². The van der Waals surface area contributed by atoms with Crippen LogP contribution in [0, 0.1) is 0 Å². The third-order valence-corrected chi connectivity index (χ3v) is 3.99. The number of hydrogen-bond acceptors (Lipinski definition) is 8. The summed E-state index contributed by atoms with van der Waals surface area (Å²) in [6, 6.07) is 0. The normalized spacial score (nSPS) is 23.7. The summed E-state index contributed by atoms with van der Waals surface area (Å²) in [7, 11) is 3.17. The smallest absolute Gasteiger partial charge is 0.421 e. The third-order valence-electron chi connectivity index (χ3n) is 3.99. The zero-order valence-corrected chi connectivity index (χ0v) is 18.2. The number of carbonyl (C=O) groups excluding carboxylic acids is 4. The number of halogens is 1. The van der Waals surface area contributed by atoms with Gasteiger partial charge in [0.05, 0.1) is 14.2 Å². The van der Waals surface area contributed by atoms with Gasteiger partial charge in [-0.05, 0) is 41.5 Å². The van der Waals surface area contributed by atoms with E-state index in [0.29, 0.717) is 5.06 Å². The first-order valence-corrected chi connectivity index (χ1v) is 8.82. The molecule has 0 N–H and O–H groups in total. The molecule has 0 aliphatic heterocycles. The van der Waals surface area contributed by atoms with Crippen molar-refractivity contribution in [3.8, 4) is 0 Å². The Kier molecular flexibility index (Phi) is 6.59. The summed E-state index contributed by atoms with van der Waals surface area (Å²) >= 11 is 0. The minimum Gasteiger partial charge on any atom is -0.467 e. The summed E-state index contributed by atoms with van der Waals surface area (Å²) in [5, 5.41) is 0.549. The van der Waals surface area contributed by atoms with Crippen molar-refractivity contribution in [2.24, 2.45) is 0 Å². The van der Waals surface area contributed by atoms with E-state index in [2.05, 4.69) is 9.57 Å². The molecule has 10 nitrogen and oxygen atoms in total. The lowest BCUT2D eigenvalue weighted by Gasteiger charge is -2.33. The third kappa shape index (κ3) is 4.77. The second-order valence-electron chi connectivity index (χ2n) is 8.61. The van der Waals surface area contributed by atoms with Gasteiger partial charge >= 0.3 is 18.2 Å². The van der Waals surface area contributed by atoms with E-state index in [4.69, 9.17) is 9.47 Å². The summed E-state index contributed by atoms with van der Waals surface area (Å²) < 4.78 is 30.7. The highest BCUT2D eigenvalue weighted by Crippen LogP contribution is 2.58. The van der Waals surface area contributed by atoms with Crippen LogP contribution in [-0.4, -0.2) is 77.7 Å². The molecule has 29 heavy (non-hydrogen) atoms. The number of nitrogens with zero attached hydrogens (tertiary/aromatic N) is 2. The Morgan fingerprint density at radius 3 is 1.62 bits per heavy atom. The molecule has 1 rings (SSSR count). The predicted molar refractivity (Wildman–Crippen MR) is 97.3 cm³/mol. The first kappa shape index (κ1) is 24.6. The summed E-state index contributed by atoms with van der Waals surface area (Å²) in [5.41, 5.74) is -7.76. The topological polar surface area (TPSA) is 112 Å². The molecule has 1 fully saturated rings. The van der Waals surface area contributed by atoms with Gasteiger partial charge in [-0.25, -0.2) is 23.8 Å². The van der Waals surface area contributed by atoms with Crippen molar-refractivity contribution < 1.29 is 42.6 Å². The molecular formula is C18H29FN2O8. The van der Waals surface area contributed by atoms with E-state index in [9.17, 15) is 19.2 Å². The average Bonchev–Trinajstić information content (AvgIpc) is 3.16. The Labute approximate surface area is 169 Å². The molecule has 0 aromatic heterocycles. The molecule has 0 heterocycles. The number of imide groups is 1. The number of ether oxygens (including phenoxy) is 3. The lowest BCUT2D eigenvalue weighted by atomic mass is 10.1. The van der Waals surface area contributed by atoms with Gasteiger partial charge in [0.25, 0.3) is 5.91 Å². The molecule has 0 bridgehead atoms. The molecule has 1 aliphatic rings. The largest absolute Gasteiger partial charge is 0.467 e. The van der Waals surface area contributed by atoms with Gasteiger partial charge in [0.1, 0.15) is 11.2 Å². The van der Waals surface area contributed by atoms with Gasteiger partial charge in [-0.15, -0.1) is 0 Å². The van der Waals surface area contributed by atoms with Gasteiger partial charge in [-0.2, -0.15) is 4.90 Å². The van der Waals surface area contributed by atoms with E-state index >= 15 is 4.39 Å². The fraction of sp³-hybridized carbons (Fsp3) is 0.778. The van der Waals surface area contributed by atoms with Crippen molar-refractivity contribution in [3.63, 3.8) is 0 Å². The van der Waals surface area contributed by atoms with Gasteiger partial charge in [0, 0.05) is 13.5 Å². The lowest BCUT2D eigenvalue weighted by molar-refractivity contribution is -0.180. The van der Waals surface area contributed by atoms with Crippen molar-refractivity contribution >= 4 is 24.1 Å². The van der Waals surface area contributed by atoms with Crippen molar-refractivity contribution in [1.82, 2.24) is 9.96 Å². The molecule has 11 heteroatoms. The van der Waals surface area contributed by atoms with Crippen LogP contribution < -0.4 is 0 Å². The predicted octanol–water partition coefficient (Wildman–Crippen LogP) is 2.20. The molecule has 166 valence electrons. The molecule has 0 aromatic carbocycles. The maximum atomic E-state index is 15.7. The second kappa shape index (κ2) is 7.77. The van der Waals surface area contributed by atoms with Crippen LogP contribution in [0.2, 0.25) is 0 Å². The molecule has 0 aromatic rings. The molecular weight excluding hydrogens is 391 g/mol. The van der Waals surface area contributed by atoms with Crippen LogP contribution in [0.5, 0.6) is 0 Å². The molecule has 1 aliphatic carbocycles. The second-order valence-corrected chi connectivity index (χ2v) is 8.61. The number of methoxy groups -OCH3 is 1. The Balaban J connectivity index is 3.55. The van der Waals surface area contributed by atoms with Gasteiger partial charge in [0.15, 0.2) is 0 Å². The van der Waals surface area contributed by atoms with Crippen LogP contribution in [0.3, 0.4) is 0 Å². The van der Waals surface area contributed by atoms with E-state index in [1.54, 1.807) is 0 Å². The summed E-state index contributed by atoms with van der Waals surface area (Å²) in [5.74, 6) is -2.59. The van der Waals surface area contributed by atoms with Crippen molar-refractivity contribution in [1.29, 1.82) is 0 Å². The van der Waals surface area contributed by atoms with Crippen LogP contribution in [-0.2, 0) is 28.6 Å². The minimum absolute atomic E-state index is 0.177.